The lowest BCUT2D eigenvalue weighted by molar-refractivity contribution is -0.133. The lowest BCUT2D eigenvalue weighted by Gasteiger charge is -2.26. The molecule has 1 saturated carbocycles. The zero-order chi connectivity index (χ0) is 12.3. The van der Waals surface area contributed by atoms with Crippen molar-refractivity contribution in [1.82, 2.24) is 9.80 Å². The first kappa shape index (κ1) is 15.5. The molecule has 2 fully saturated rings. The topological polar surface area (TPSA) is 71.2 Å². The Hall–Kier alpha value is -0.570. The van der Waals surface area contributed by atoms with Gasteiger partial charge < -0.3 is 20.3 Å². The van der Waals surface area contributed by atoms with Crippen molar-refractivity contribution in [2.75, 3.05) is 39.9 Å². The minimum absolute atomic E-state index is 0. The van der Waals surface area contributed by atoms with Crippen LogP contribution in [0.1, 0.15) is 12.8 Å². The van der Waals surface area contributed by atoms with Gasteiger partial charge in [-0.3, -0.25) is 4.79 Å². The van der Waals surface area contributed by atoms with Crippen LogP contribution in [0.25, 0.3) is 0 Å². The van der Waals surface area contributed by atoms with E-state index in [1.165, 1.54) is 12.8 Å². The molecule has 1 saturated heterocycles. The molecule has 18 heavy (non-hydrogen) atoms. The fourth-order valence-corrected chi connectivity index (χ4v) is 1.82. The van der Waals surface area contributed by atoms with Crippen LogP contribution in [0.3, 0.4) is 0 Å². The van der Waals surface area contributed by atoms with Gasteiger partial charge in [0.25, 0.3) is 0 Å². The minimum Gasteiger partial charge on any atom is -0.378 e. The molecule has 0 atom stereocenters. The zero-order valence-corrected chi connectivity index (χ0v) is 13.0. The predicted octanol–water partition coefficient (Wildman–Crippen LogP) is -0.128. The van der Waals surface area contributed by atoms with Gasteiger partial charge >= 0.3 is 0 Å². The number of hydrogen-bond acceptors (Lipinski definition) is 3. The third kappa shape index (κ3) is 4.27. The smallest absolute Gasteiger partial charge is 0.244 e. The van der Waals surface area contributed by atoms with E-state index in [1.807, 2.05) is 11.9 Å². The van der Waals surface area contributed by atoms with Gasteiger partial charge in [-0.15, -0.1) is 24.0 Å². The van der Waals surface area contributed by atoms with Gasteiger partial charge in [-0.25, -0.2) is 4.99 Å². The molecule has 0 unspecified atom stereocenters. The molecule has 2 aliphatic rings. The molecule has 7 heteroatoms. The van der Waals surface area contributed by atoms with Crippen LogP contribution in [-0.4, -0.2) is 67.6 Å². The van der Waals surface area contributed by atoms with Crippen LogP contribution in [0, 0.1) is 0 Å². The maximum absolute atomic E-state index is 11.8. The summed E-state index contributed by atoms with van der Waals surface area (Å²) in [5.74, 6) is 0.495. The third-order valence-electron chi connectivity index (χ3n) is 3.20. The SMILES string of the molecule is CN(C(N)=NCC(=O)N1CCOCC1)C1CC1.I. The Morgan fingerprint density at radius 1 is 1.44 bits per heavy atom. The molecule has 1 heterocycles. The van der Waals surface area contributed by atoms with Crippen LogP contribution in [-0.2, 0) is 9.53 Å². The van der Waals surface area contributed by atoms with E-state index in [9.17, 15) is 4.79 Å². The second-order valence-corrected chi connectivity index (χ2v) is 4.51. The van der Waals surface area contributed by atoms with Crippen molar-refractivity contribution in [2.45, 2.75) is 18.9 Å². The Morgan fingerprint density at radius 3 is 2.61 bits per heavy atom. The summed E-state index contributed by atoms with van der Waals surface area (Å²) in [6, 6.07) is 0.525. The first-order valence-corrected chi connectivity index (χ1v) is 6.07. The van der Waals surface area contributed by atoms with E-state index in [4.69, 9.17) is 10.5 Å². The van der Waals surface area contributed by atoms with Gasteiger partial charge in [-0.05, 0) is 12.8 Å². The Labute approximate surface area is 125 Å². The number of morpholine rings is 1. The lowest BCUT2D eigenvalue weighted by Crippen LogP contribution is -2.42. The third-order valence-corrected chi connectivity index (χ3v) is 3.20. The van der Waals surface area contributed by atoms with Crippen LogP contribution in [0.15, 0.2) is 4.99 Å². The Bertz CT molecular complexity index is 314. The number of carbonyl (C=O) groups excluding carboxylic acids is 1. The number of carbonyl (C=O) groups is 1. The summed E-state index contributed by atoms with van der Waals surface area (Å²) < 4.78 is 5.19. The average Bonchev–Trinajstić information content (AvgIpc) is 3.20. The van der Waals surface area contributed by atoms with E-state index >= 15 is 0 Å². The molecule has 0 radical (unpaired) electrons. The van der Waals surface area contributed by atoms with Gasteiger partial charge in [0.2, 0.25) is 5.91 Å². The van der Waals surface area contributed by atoms with Gasteiger partial charge in [0.05, 0.1) is 13.2 Å². The van der Waals surface area contributed by atoms with Gasteiger partial charge in [0.15, 0.2) is 5.96 Å². The lowest BCUT2D eigenvalue weighted by atomic mass is 10.4. The van der Waals surface area contributed by atoms with Crippen LogP contribution >= 0.6 is 24.0 Å². The zero-order valence-electron chi connectivity index (χ0n) is 10.7. The van der Waals surface area contributed by atoms with E-state index in [0.717, 1.165) is 0 Å². The molecule has 2 rings (SSSR count). The van der Waals surface area contributed by atoms with E-state index in [0.29, 0.717) is 38.3 Å². The Kier molecular flexibility index (Phi) is 6.13. The highest BCUT2D eigenvalue weighted by Crippen LogP contribution is 2.24. The summed E-state index contributed by atoms with van der Waals surface area (Å²) in [6.07, 6.45) is 2.34. The van der Waals surface area contributed by atoms with E-state index in [1.54, 1.807) is 4.90 Å². The second kappa shape index (κ2) is 7.13. The maximum atomic E-state index is 11.8. The number of hydrogen-bond donors (Lipinski definition) is 1. The van der Waals surface area contributed by atoms with Crippen LogP contribution in [0.5, 0.6) is 0 Å². The number of nitrogens with two attached hydrogens (primary N) is 1. The molecule has 6 nitrogen and oxygen atoms in total. The minimum atomic E-state index is 0. The van der Waals surface area contributed by atoms with E-state index in [-0.39, 0.29) is 36.4 Å². The second-order valence-electron chi connectivity index (χ2n) is 4.51. The molecule has 104 valence electrons. The normalized spacial score (nSPS) is 20.3. The number of guanidine groups is 1. The summed E-state index contributed by atoms with van der Waals surface area (Å²) in [7, 11) is 1.93. The Morgan fingerprint density at radius 2 is 2.06 bits per heavy atom. The first-order valence-electron chi connectivity index (χ1n) is 6.07. The van der Waals surface area contributed by atoms with Crippen molar-refractivity contribution in [3.63, 3.8) is 0 Å². The number of aliphatic imine (C=N–C) groups is 1. The fourth-order valence-electron chi connectivity index (χ4n) is 1.82. The predicted molar refractivity (Wildman–Crippen MR) is 80.1 cm³/mol. The van der Waals surface area contributed by atoms with Gasteiger partial charge in [0, 0.05) is 26.2 Å². The first-order chi connectivity index (χ1) is 8.18. The van der Waals surface area contributed by atoms with Crippen molar-refractivity contribution in [3.05, 3.63) is 0 Å². The monoisotopic (exact) mass is 368 g/mol. The van der Waals surface area contributed by atoms with Crippen molar-refractivity contribution in [3.8, 4) is 0 Å². The number of halogens is 1. The maximum Gasteiger partial charge on any atom is 0.244 e. The molecule has 0 spiro atoms. The molecule has 0 aromatic carbocycles. The van der Waals surface area contributed by atoms with Crippen molar-refractivity contribution < 1.29 is 9.53 Å². The number of rotatable bonds is 3. The summed E-state index contributed by atoms with van der Waals surface area (Å²) >= 11 is 0. The molecule has 2 N–H and O–H groups in total. The number of nitrogens with zero attached hydrogens (tertiary/aromatic N) is 3. The number of amides is 1. The van der Waals surface area contributed by atoms with E-state index < -0.39 is 0 Å². The summed E-state index contributed by atoms with van der Waals surface area (Å²) in [6.45, 7) is 2.70. The standard InChI is InChI=1S/C11H20N4O2.HI/c1-14(9-2-3-9)11(12)13-8-10(16)15-4-6-17-7-5-15;/h9H,2-8H2,1H3,(H2,12,13);1H. The van der Waals surface area contributed by atoms with Crippen LogP contribution in [0.2, 0.25) is 0 Å². The van der Waals surface area contributed by atoms with Crippen LogP contribution < -0.4 is 5.73 Å². The summed E-state index contributed by atoms with van der Waals surface area (Å²) in [4.78, 5) is 19.7. The molecule has 0 aromatic rings. The highest BCUT2D eigenvalue weighted by Gasteiger charge is 2.27. The molecule has 0 bridgehead atoms. The summed E-state index contributed by atoms with van der Waals surface area (Å²) in [5.41, 5.74) is 5.82. The van der Waals surface area contributed by atoms with Crippen molar-refractivity contribution >= 4 is 35.8 Å². The van der Waals surface area contributed by atoms with Gasteiger partial charge in [-0.2, -0.15) is 0 Å². The molecular weight excluding hydrogens is 347 g/mol. The van der Waals surface area contributed by atoms with Gasteiger partial charge in [0.1, 0.15) is 6.54 Å². The van der Waals surface area contributed by atoms with Crippen molar-refractivity contribution in [2.24, 2.45) is 10.7 Å². The Balaban J connectivity index is 0.00000162. The van der Waals surface area contributed by atoms with Crippen molar-refractivity contribution in [1.29, 1.82) is 0 Å². The average molecular weight is 368 g/mol. The molecule has 1 aliphatic carbocycles. The molecule has 0 aromatic heterocycles. The highest BCUT2D eigenvalue weighted by molar-refractivity contribution is 14.0. The summed E-state index contributed by atoms with van der Waals surface area (Å²) in [5, 5.41) is 0. The van der Waals surface area contributed by atoms with Crippen LogP contribution in [0.4, 0.5) is 0 Å². The highest BCUT2D eigenvalue weighted by atomic mass is 127. The quantitative estimate of drug-likeness (QED) is 0.428. The number of ether oxygens (including phenoxy) is 1. The molecule has 1 amide bonds. The molecular formula is C11H21IN4O2. The van der Waals surface area contributed by atoms with E-state index in [2.05, 4.69) is 4.99 Å². The molecule has 1 aliphatic heterocycles. The largest absolute Gasteiger partial charge is 0.378 e. The fraction of sp³-hybridized carbons (Fsp3) is 0.818. The van der Waals surface area contributed by atoms with Gasteiger partial charge in [-0.1, -0.05) is 0 Å².